The smallest absolute Gasteiger partial charge is 0.147 e. The van der Waals surface area contributed by atoms with E-state index in [0.29, 0.717) is 32.4 Å². The van der Waals surface area contributed by atoms with Crippen LogP contribution in [-0.4, -0.2) is 0 Å². The van der Waals surface area contributed by atoms with Crippen LogP contribution in [0.5, 0.6) is 11.5 Å². The Labute approximate surface area is 132 Å². The van der Waals surface area contributed by atoms with Gasteiger partial charge < -0.3 is 4.74 Å². The van der Waals surface area contributed by atoms with Gasteiger partial charge in [0.25, 0.3) is 0 Å². The molecule has 0 amide bonds. The van der Waals surface area contributed by atoms with Crippen molar-refractivity contribution in [3.05, 3.63) is 56.5 Å². The number of aryl methyl sites for hydroxylation is 1. The van der Waals surface area contributed by atoms with E-state index in [1.807, 2.05) is 25.1 Å². The van der Waals surface area contributed by atoms with Gasteiger partial charge in [-0.2, -0.15) is 0 Å². The lowest BCUT2D eigenvalue weighted by molar-refractivity contribution is 0.478. The van der Waals surface area contributed by atoms with Crippen LogP contribution in [0.25, 0.3) is 0 Å². The van der Waals surface area contributed by atoms with Gasteiger partial charge >= 0.3 is 0 Å². The van der Waals surface area contributed by atoms with Crippen molar-refractivity contribution in [2.24, 2.45) is 0 Å². The summed E-state index contributed by atoms with van der Waals surface area (Å²) in [4.78, 5) is 0. The standard InChI is InChI=1S/C14H10Cl4O/c1-8-2-3-9(7-15)4-13(8)19-14-6-11(17)10(16)5-12(14)18/h2-6H,7H2,1H3. The molecule has 0 fully saturated rings. The van der Waals surface area contributed by atoms with Crippen LogP contribution in [0, 0.1) is 6.92 Å². The molecule has 0 aliphatic carbocycles. The zero-order chi connectivity index (χ0) is 14.0. The lowest BCUT2D eigenvalue weighted by Crippen LogP contribution is -1.90. The van der Waals surface area contributed by atoms with Crippen LogP contribution in [0.1, 0.15) is 11.1 Å². The van der Waals surface area contributed by atoms with Crippen molar-refractivity contribution in [3.63, 3.8) is 0 Å². The first-order valence-electron chi connectivity index (χ1n) is 5.49. The molecule has 1 nitrogen and oxygen atoms in total. The Morgan fingerprint density at radius 3 is 2.26 bits per heavy atom. The summed E-state index contributed by atoms with van der Waals surface area (Å²) in [6, 6.07) is 8.92. The van der Waals surface area contributed by atoms with E-state index in [4.69, 9.17) is 51.1 Å². The highest BCUT2D eigenvalue weighted by atomic mass is 35.5. The van der Waals surface area contributed by atoms with E-state index in [1.54, 1.807) is 12.1 Å². The number of ether oxygens (including phenoxy) is 1. The van der Waals surface area contributed by atoms with Crippen molar-refractivity contribution in [1.82, 2.24) is 0 Å². The molecule has 0 spiro atoms. The topological polar surface area (TPSA) is 9.23 Å². The quantitative estimate of drug-likeness (QED) is 0.460. The zero-order valence-electron chi connectivity index (χ0n) is 10.0. The molecule has 19 heavy (non-hydrogen) atoms. The molecule has 5 heteroatoms. The first kappa shape index (κ1) is 14.8. The fourth-order valence-corrected chi connectivity index (χ4v) is 2.28. The highest BCUT2D eigenvalue weighted by Gasteiger charge is 2.10. The fraction of sp³-hybridized carbons (Fsp3) is 0.143. The first-order chi connectivity index (χ1) is 9.01. The van der Waals surface area contributed by atoms with Crippen LogP contribution in [0.2, 0.25) is 15.1 Å². The van der Waals surface area contributed by atoms with Gasteiger partial charge in [0, 0.05) is 11.9 Å². The Balaban J connectivity index is 2.38. The van der Waals surface area contributed by atoms with Crippen LogP contribution in [0.4, 0.5) is 0 Å². The van der Waals surface area contributed by atoms with Gasteiger partial charge in [-0.25, -0.2) is 0 Å². The van der Waals surface area contributed by atoms with Crippen LogP contribution in [0.3, 0.4) is 0 Å². The second kappa shape index (κ2) is 6.23. The Kier molecular flexibility index (Phi) is 4.86. The molecule has 0 atom stereocenters. The maximum Gasteiger partial charge on any atom is 0.147 e. The molecule has 2 aromatic rings. The van der Waals surface area contributed by atoms with Crippen LogP contribution >= 0.6 is 46.4 Å². The summed E-state index contributed by atoms with van der Waals surface area (Å²) in [5.74, 6) is 1.58. The molecule has 100 valence electrons. The molecule has 0 unspecified atom stereocenters. The summed E-state index contributed by atoms with van der Waals surface area (Å²) in [5.41, 5.74) is 1.95. The highest BCUT2D eigenvalue weighted by Crippen LogP contribution is 2.37. The molecule has 0 aromatic heterocycles. The van der Waals surface area contributed by atoms with E-state index >= 15 is 0 Å². The van der Waals surface area contributed by atoms with Crippen molar-refractivity contribution in [2.45, 2.75) is 12.8 Å². The van der Waals surface area contributed by atoms with Crippen LogP contribution in [0.15, 0.2) is 30.3 Å². The van der Waals surface area contributed by atoms with Crippen molar-refractivity contribution >= 4 is 46.4 Å². The molecule has 2 aromatic carbocycles. The van der Waals surface area contributed by atoms with Crippen LogP contribution < -0.4 is 4.74 Å². The predicted molar refractivity (Wildman–Crippen MR) is 82.3 cm³/mol. The van der Waals surface area contributed by atoms with Gasteiger partial charge in [0.2, 0.25) is 0 Å². The van der Waals surface area contributed by atoms with Crippen molar-refractivity contribution in [3.8, 4) is 11.5 Å². The monoisotopic (exact) mass is 334 g/mol. The molecule has 0 N–H and O–H groups in total. The van der Waals surface area contributed by atoms with Gasteiger partial charge in [0.05, 0.1) is 15.1 Å². The van der Waals surface area contributed by atoms with Gasteiger partial charge in [-0.3, -0.25) is 0 Å². The number of halogens is 4. The third-order valence-corrected chi connectivity index (χ3v) is 3.93. The second-order valence-corrected chi connectivity index (χ2v) is 5.52. The van der Waals surface area contributed by atoms with Gasteiger partial charge in [0.15, 0.2) is 0 Å². The SMILES string of the molecule is Cc1ccc(CCl)cc1Oc1cc(Cl)c(Cl)cc1Cl. The normalized spacial score (nSPS) is 10.6. The molecule has 0 radical (unpaired) electrons. The van der Waals surface area contributed by atoms with E-state index in [9.17, 15) is 0 Å². The number of hydrogen-bond donors (Lipinski definition) is 0. The molecule has 0 aliphatic heterocycles. The van der Waals surface area contributed by atoms with Gasteiger partial charge in [-0.1, -0.05) is 46.9 Å². The van der Waals surface area contributed by atoms with Crippen LogP contribution in [-0.2, 0) is 5.88 Å². The maximum atomic E-state index is 6.08. The Morgan fingerprint density at radius 1 is 0.895 bits per heavy atom. The molecule has 0 heterocycles. The summed E-state index contributed by atoms with van der Waals surface area (Å²) in [6.45, 7) is 1.94. The minimum atomic E-state index is 0.394. The maximum absolute atomic E-state index is 6.08. The van der Waals surface area contributed by atoms with Crippen molar-refractivity contribution < 1.29 is 4.74 Å². The lowest BCUT2D eigenvalue weighted by atomic mass is 10.1. The third-order valence-electron chi connectivity index (χ3n) is 2.60. The molecule has 2 rings (SSSR count). The van der Waals surface area contributed by atoms with E-state index < -0.39 is 0 Å². The second-order valence-electron chi connectivity index (χ2n) is 4.03. The first-order valence-corrected chi connectivity index (χ1v) is 7.16. The minimum Gasteiger partial charge on any atom is -0.455 e. The molecular formula is C14H10Cl4O. The Bertz CT molecular complexity index is 611. The van der Waals surface area contributed by atoms with Gasteiger partial charge in [0.1, 0.15) is 11.5 Å². The summed E-state index contributed by atoms with van der Waals surface area (Å²) < 4.78 is 5.78. The molecule has 0 aliphatic rings. The fourth-order valence-electron chi connectivity index (χ4n) is 1.54. The van der Waals surface area contributed by atoms with E-state index in [-0.39, 0.29) is 0 Å². The van der Waals surface area contributed by atoms with Gasteiger partial charge in [-0.15, -0.1) is 11.6 Å². The molecular weight excluding hydrogens is 326 g/mol. The number of alkyl halides is 1. The average molecular weight is 336 g/mol. The van der Waals surface area contributed by atoms with Crippen molar-refractivity contribution in [1.29, 1.82) is 0 Å². The Hall–Kier alpha value is -0.600. The summed E-state index contributed by atoms with van der Waals surface area (Å²) >= 11 is 23.7. The number of benzene rings is 2. The number of rotatable bonds is 3. The number of hydrogen-bond acceptors (Lipinski definition) is 1. The zero-order valence-corrected chi connectivity index (χ0v) is 13.0. The summed E-state index contributed by atoms with van der Waals surface area (Å²) in [6.07, 6.45) is 0. The lowest BCUT2D eigenvalue weighted by Gasteiger charge is -2.12. The largest absolute Gasteiger partial charge is 0.455 e. The minimum absolute atomic E-state index is 0.394. The predicted octanol–water partition coefficient (Wildman–Crippen LogP) is 6.49. The average Bonchev–Trinajstić information content (AvgIpc) is 2.38. The summed E-state index contributed by atoms with van der Waals surface area (Å²) in [5, 5.41) is 1.20. The van der Waals surface area contributed by atoms with E-state index in [2.05, 4.69) is 0 Å². The molecule has 0 saturated heterocycles. The Morgan fingerprint density at radius 2 is 1.58 bits per heavy atom. The van der Waals surface area contributed by atoms with Gasteiger partial charge in [-0.05, 0) is 30.2 Å². The van der Waals surface area contributed by atoms with Crippen molar-refractivity contribution in [2.75, 3.05) is 0 Å². The third kappa shape index (κ3) is 3.49. The van der Waals surface area contributed by atoms with E-state index in [1.165, 1.54) is 0 Å². The summed E-state index contributed by atoms with van der Waals surface area (Å²) in [7, 11) is 0. The molecule has 0 bridgehead atoms. The van der Waals surface area contributed by atoms with E-state index in [0.717, 1.165) is 11.1 Å². The molecule has 0 saturated carbocycles. The highest BCUT2D eigenvalue weighted by molar-refractivity contribution is 6.43.